The van der Waals surface area contributed by atoms with Crippen LogP contribution < -0.4 is 4.90 Å². The predicted molar refractivity (Wildman–Crippen MR) is 95.1 cm³/mol. The van der Waals surface area contributed by atoms with E-state index in [1.807, 2.05) is 6.92 Å². The molecule has 0 unspecified atom stereocenters. The molecule has 3 aromatic rings. The first-order valence-corrected chi connectivity index (χ1v) is 8.40. The molecule has 2 aromatic heterocycles. The van der Waals surface area contributed by atoms with Gasteiger partial charge in [0.25, 0.3) is 0 Å². The molecule has 3 heterocycles. The van der Waals surface area contributed by atoms with Crippen LogP contribution >= 0.6 is 0 Å². The summed E-state index contributed by atoms with van der Waals surface area (Å²) < 4.78 is 0. The minimum Gasteiger partial charge on any atom is -0.352 e. The van der Waals surface area contributed by atoms with Gasteiger partial charge in [-0.15, -0.1) is 0 Å². The van der Waals surface area contributed by atoms with E-state index in [0.717, 1.165) is 55.3 Å². The fraction of sp³-hybridized carbons (Fsp3) is 0.389. The largest absolute Gasteiger partial charge is 0.352 e. The van der Waals surface area contributed by atoms with Gasteiger partial charge in [0.2, 0.25) is 0 Å². The number of aromatic amines is 1. The summed E-state index contributed by atoms with van der Waals surface area (Å²) in [5.74, 6) is 0.944. The number of anilines is 1. The minimum absolute atomic E-state index is 0.877. The summed E-state index contributed by atoms with van der Waals surface area (Å²) >= 11 is 0. The van der Waals surface area contributed by atoms with E-state index < -0.39 is 0 Å². The highest BCUT2D eigenvalue weighted by Gasteiger charge is 2.21. The highest BCUT2D eigenvalue weighted by Crippen LogP contribution is 2.23. The summed E-state index contributed by atoms with van der Waals surface area (Å²) in [5, 5.41) is 7.40. The summed E-state index contributed by atoms with van der Waals surface area (Å²) in [4.78, 5) is 13.6. The highest BCUT2D eigenvalue weighted by molar-refractivity contribution is 5.86. The normalized spacial score (nSPS) is 16.0. The van der Waals surface area contributed by atoms with Gasteiger partial charge in [-0.1, -0.05) is 24.3 Å². The number of rotatable bonds is 3. The molecule has 4 rings (SSSR count). The van der Waals surface area contributed by atoms with E-state index in [9.17, 15) is 0 Å². The van der Waals surface area contributed by atoms with Gasteiger partial charge >= 0.3 is 0 Å². The van der Waals surface area contributed by atoms with Crippen molar-refractivity contribution >= 4 is 16.9 Å². The third-order valence-corrected chi connectivity index (χ3v) is 4.82. The number of fused-ring (bicyclic) bond motifs is 1. The Bertz CT molecular complexity index is 848. The van der Waals surface area contributed by atoms with E-state index in [4.69, 9.17) is 0 Å². The monoisotopic (exact) mass is 322 g/mol. The molecular weight excluding hydrogens is 300 g/mol. The van der Waals surface area contributed by atoms with Gasteiger partial charge in [-0.3, -0.25) is 10.00 Å². The number of aryl methyl sites for hydroxylation is 2. The minimum atomic E-state index is 0.877. The molecule has 0 bridgehead atoms. The fourth-order valence-electron chi connectivity index (χ4n) is 3.32. The zero-order chi connectivity index (χ0) is 16.5. The number of nitrogens with one attached hydrogen (secondary N) is 1. The van der Waals surface area contributed by atoms with Crippen LogP contribution in [-0.4, -0.2) is 51.2 Å². The van der Waals surface area contributed by atoms with Crippen molar-refractivity contribution in [3.05, 3.63) is 47.4 Å². The van der Waals surface area contributed by atoms with Gasteiger partial charge < -0.3 is 4.90 Å². The Morgan fingerprint density at radius 3 is 2.58 bits per heavy atom. The van der Waals surface area contributed by atoms with E-state index in [-0.39, 0.29) is 0 Å². The average molecular weight is 322 g/mol. The van der Waals surface area contributed by atoms with Crippen LogP contribution in [0.4, 0.5) is 5.82 Å². The van der Waals surface area contributed by atoms with Crippen molar-refractivity contribution in [2.45, 2.75) is 20.4 Å². The molecule has 1 aliphatic rings. The molecule has 1 aromatic carbocycles. The first-order valence-electron chi connectivity index (χ1n) is 8.40. The molecule has 0 saturated carbocycles. The lowest BCUT2D eigenvalue weighted by Crippen LogP contribution is -2.46. The number of nitrogens with zero attached hydrogens (tertiary/aromatic N) is 5. The molecule has 1 saturated heterocycles. The van der Waals surface area contributed by atoms with E-state index in [0.29, 0.717) is 0 Å². The second-order valence-corrected chi connectivity index (χ2v) is 6.43. The summed E-state index contributed by atoms with van der Waals surface area (Å²) in [5.41, 5.74) is 5.57. The Kier molecular flexibility index (Phi) is 3.90. The van der Waals surface area contributed by atoms with Gasteiger partial charge in [0.15, 0.2) is 11.3 Å². The average Bonchev–Trinajstić information content (AvgIpc) is 2.99. The Labute approximate surface area is 141 Å². The Hall–Kier alpha value is -2.47. The van der Waals surface area contributed by atoms with Crippen molar-refractivity contribution in [3.63, 3.8) is 0 Å². The van der Waals surface area contributed by atoms with Crippen molar-refractivity contribution in [2.24, 2.45) is 0 Å². The number of piperazine rings is 1. The van der Waals surface area contributed by atoms with E-state index in [1.165, 1.54) is 11.1 Å². The SMILES string of the molecule is Cc1ccccc1CN1CCN(c2ncnc3c(C)[nH]nc23)CC1. The second-order valence-electron chi connectivity index (χ2n) is 6.43. The smallest absolute Gasteiger partial charge is 0.160 e. The molecule has 6 nitrogen and oxygen atoms in total. The van der Waals surface area contributed by atoms with Crippen molar-refractivity contribution in [2.75, 3.05) is 31.1 Å². The van der Waals surface area contributed by atoms with Crippen LogP contribution in [0.2, 0.25) is 0 Å². The standard InChI is InChI=1S/C18H22N6/c1-13-5-3-4-6-15(13)11-23-7-9-24(10-8-23)18-17-16(19-12-20-18)14(2)21-22-17/h3-6,12H,7-11H2,1-2H3,(H,21,22). The van der Waals surface area contributed by atoms with Crippen LogP contribution in [0.1, 0.15) is 16.8 Å². The van der Waals surface area contributed by atoms with Gasteiger partial charge in [0.1, 0.15) is 11.8 Å². The number of aromatic nitrogens is 4. The fourth-order valence-corrected chi connectivity index (χ4v) is 3.32. The molecule has 1 fully saturated rings. The lowest BCUT2D eigenvalue weighted by atomic mass is 10.1. The van der Waals surface area contributed by atoms with Crippen LogP contribution in [-0.2, 0) is 6.54 Å². The topological polar surface area (TPSA) is 60.9 Å². The Morgan fingerprint density at radius 1 is 1.00 bits per heavy atom. The third-order valence-electron chi connectivity index (χ3n) is 4.82. The van der Waals surface area contributed by atoms with Gasteiger partial charge in [-0.05, 0) is 25.0 Å². The number of hydrogen-bond donors (Lipinski definition) is 1. The van der Waals surface area contributed by atoms with Gasteiger partial charge in [0, 0.05) is 32.7 Å². The molecular formula is C18H22N6. The lowest BCUT2D eigenvalue weighted by Gasteiger charge is -2.35. The zero-order valence-electron chi connectivity index (χ0n) is 14.2. The Morgan fingerprint density at radius 2 is 1.79 bits per heavy atom. The molecule has 124 valence electrons. The number of benzene rings is 1. The summed E-state index contributed by atoms with van der Waals surface area (Å²) in [7, 11) is 0. The molecule has 0 atom stereocenters. The van der Waals surface area contributed by atoms with Crippen LogP contribution in [0.5, 0.6) is 0 Å². The molecule has 1 aliphatic heterocycles. The number of hydrogen-bond acceptors (Lipinski definition) is 5. The van der Waals surface area contributed by atoms with E-state index in [2.05, 4.69) is 61.2 Å². The quantitative estimate of drug-likeness (QED) is 0.802. The van der Waals surface area contributed by atoms with Gasteiger partial charge in [-0.25, -0.2) is 9.97 Å². The molecule has 0 spiro atoms. The summed E-state index contributed by atoms with van der Waals surface area (Å²) in [6.07, 6.45) is 1.64. The molecule has 1 N–H and O–H groups in total. The van der Waals surface area contributed by atoms with Crippen molar-refractivity contribution in [1.29, 1.82) is 0 Å². The second kappa shape index (κ2) is 6.20. The first-order chi connectivity index (χ1) is 11.7. The number of H-pyrrole nitrogens is 1. The van der Waals surface area contributed by atoms with Gasteiger partial charge in [-0.2, -0.15) is 5.10 Å². The van der Waals surface area contributed by atoms with Crippen LogP contribution in [0.15, 0.2) is 30.6 Å². The highest BCUT2D eigenvalue weighted by atomic mass is 15.3. The van der Waals surface area contributed by atoms with Crippen LogP contribution in [0, 0.1) is 13.8 Å². The van der Waals surface area contributed by atoms with Crippen molar-refractivity contribution < 1.29 is 0 Å². The maximum atomic E-state index is 4.48. The predicted octanol–water partition coefficient (Wildman–Crippen LogP) is 2.29. The van der Waals surface area contributed by atoms with Crippen LogP contribution in [0.3, 0.4) is 0 Å². The Balaban J connectivity index is 1.47. The first kappa shape index (κ1) is 15.1. The molecule has 24 heavy (non-hydrogen) atoms. The van der Waals surface area contributed by atoms with Crippen LogP contribution in [0.25, 0.3) is 11.0 Å². The van der Waals surface area contributed by atoms with Crippen molar-refractivity contribution in [1.82, 2.24) is 25.1 Å². The van der Waals surface area contributed by atoms with Gasteiger partial charge in [0.05, 0.1) is 5.69 Å². The zero-order valence-corrected chi connectivity index (χ0v) is 14.2. The molecule has 0 radical (unpaired) electrons. The van der Waals surface area contributed by atoms with E-state index >= 15 is 0 Å². The molecule has 0 aliphatic carbocycles. The molecule has 6 heteroatoms. The maximum absolute atomic E-state index is 4.48. The maximum Gasteiger partial charge on any atom is 0.160 e. The molecule has 0 amide bonds. The lowest BCUT2D eigenvalue weighted by molar-refractivity contribution is 0.249. The third kappa shape index (κ3) is 2.73. The summed E-state index contributed by atoms with van der Waals surface area (Å²) in [6.45, 7) is 9.18. The van der Waals surface area contributed by atoms with E-state index in [1.54, 1.807) is 6.33 Å². The summed E-state index contributed by atoms with van der Waals surface area (Å²) in [6, 6.07) is 8.63. The van der Waals surface area contributed by atoms with Crippen molar-refractivity contribution in [3.8, 4) is 0 Å².